The second-order valence-corrected chi connectivity index (χ2v) is 9.95. The minimum Gasteiger partial charge on any atom is -0.481 e. The highest BCUT2D eigenvalue weighted by Crippen LogP contribution is 2.29. The van der Waals surface area contributed by atoms with E-state index in [2.05, 4.69) is 10.4 Å². The van der Waals surface area contributed by atoms with Gasteiger partial charge < -0.3 is 15.2 Å². The molecule has 0 fully saturated rings. The van der Waals surface area contributed by atoms with Crippen LogP contribution < -0.4 is 5.32 Å². The van der Waals surface area contributed by atoms with Crippen molar-refractivity contribution in [2.45, 2.75) is 46.1 Å². The summed E-state index contributed by atoms with van der Waals surface area (Å²) in [5, 5.41) is 17.9. The van der Waals surface area contributed by atoms with Crippen molar-refractivity contribution in [3.8, 4) is 0 Å². The number of nitrogens with zero attached hydrogens (tertiary/aromatic N) is 2. The first-order valence-corrected chi connectivity index (χ1v) is 13.0. The third-order valence-electron chi connectivity index (χ3n) is 6.78. The van der Waals surface area contributed by atoms with E-state index in [0.29, 0.717) is 24.6 Å². The molecule has 8 nitrogen and oxygen atoms in total. The van der Waals surface area contributed by atoms with Gasteiger partial charge in [0.2, 0.25) is 11.8 Å². The third-order valence-corrected chi connectivity index (χ3v) is 6.78. The number of hydrogen-bond acceptors (Lipinski definition) is 5. The fraction of sp³-hybridized carbons (Fsp3) is 0.290. The van der Waals surface area contributed by atoms with Gasteiger partial charge in [-0.25, -0.2) is 5.01 Å². The number of carbonyl (C=O) groups excluding carboxylic acids is 2. The molecule has 0 saturated carbocycles. The normalized spacial score (nSPS) is 14.0. The van der Waals surface area contributed by atoms with E-state index in [-0.39, 0.29) is 30.8 Å². The lowest BCUT2D eigenvalue weighted by molar-refractivity contribution is -0.137. The van der Waals surface area contributed by atoms with Crippen molar-refractivity contribution < 1.29 is 24.2 Å². The summed E-state index contributed by atoms with van der Waals surface area (Å²) in [5.74, 6) is -1.16. The number of ether oxygens (including phenoxy) is 1. The molecule has 0 aliphatic carbocycles. The van der Waals surface area contributed by atoms with Gasteiger partial charge >= 0.3 is 5.97 Å². The summed E-state index contributed by atoms with van der Waals surface area (Å²) in [4.78, 5) is 36.8. The molecule has 202 valence electrons. The van der Waals surface area contributed by atoms with Crippen molar-refractivity contribution in [3.63, 3.8) is 0 Å². The Hall–Kier alpha value is -4.46. The maximum Gasteiger partial charge on any atom is 0.303 e. The predicted molar refractivity (Wildman–Crippen MR) is 149 cm³/mol. The van der Waals surface area contributed by atoms with Gasteiger partial charge in [0.1, 0.15) is 0 Å². The first-order chi connectivity index (χ1) is 18.7. The lowest BCUT2D eigenvalue weighted by atomic mass is 9.87. The van der Waals surface area contributed by atoms with Crippen molar-refractivity contribution in [2.75, 3.05) is 11.9 Å². The van der Waals surface area contributed by atoms with Crippen molar-refractivity contribution in [1.29, 1.82) is 0 Å². The van der Waals surface area contributed by atoms with Crippen LogP contribution in [0, 0.1) is 12.8 Å². The number of hydrogen-bond donors (Lipinski definition) is 2. The molecule has 3 aromatic carbocycles. The Bertz CT molecular complexity index is 1370. The van der Waals surface area contributed by atoms with E-state index in [1.165, 1.54) is 5.01 Å². The van der Waals surface area contributed by atoms with Crippen LogP contribution in [-0.2, 0) is 32.1 Å². The average molecular weight is 528 g/mol. The molecule has 1 aliphatic rings. The highest BCUT2D eigenvalue weighted by molar-refractivity contribution is 5.98. The highest BCUT2D eigenvalue weighted by Gasteiger charge is 2.26. The number of hydrazone groups is 1. The zero-order chi connectivity index (χ0) is 27.9. The summed E-state index contributed by atoms with van der Waals surface area (Å²) in [6.07, 6.45) is 0.441. The number of anilines is 1. The summed E-state index contributed by atoms with van der Waals surface area (Å²) >= 11 is 0. The summed E-state index contributed by atoms with van der Waals surface area (Å²) < 4.78 is 5.52. The average Bonchev–Trinajstić information content (AvgIpc) is 2.91. The summed E-state index contributed by atoms with van der Waals surface area (Å²) in [5.41, 5.74) is 5.01. The Labute approximate surface area is 228 Å². The van der Waals surface area contributed by atoms with Gasteiger partial charge in [-0.05, 0) is 59.7 Å². The number of carbonyl (C=O) groups is 3. The van der Waals surface area contributed by atoms with Crippen LogP contribution in [0.2, 0.25) is 0 Å². The van der Waals surface area contributed by atoms with Gasteiger partial charge in [-0.1, -0.05) is 68.4 Å². The van der Waals surface area contributed by atoms with E-state index in [0.717, 1.165) is 27.8 Å². The van der Waals surface area contributed by atoms with Gasteiger partial charge in [0.15, 0.2) is 6.61 Å². The molecule has 1 heterocycles. The number of nitrogens with one attached hydrogen (secondary N) is 1. The van der Waals surface area contributed by atoms with E-state index in [1.807, 2.05) is 93.6 Å². The maximum absolute atomic E-state index is 13.4. The maximum atomic E-state index is 13.4. The van der Waals surface area contributed by atoms with Crippen molar-refractivity contribution in [2.24, 2.45) is 11.0 Å². The number of rotatable bonds is 10. The van der Waals surface area contributed by atoms with Crippen LogP contribution in [0.3, 0.4) is 0 Å². The first kappa shape index (κ1) is 27.6. The zero-order valence-electron chi connectivity index (χ0n) is 22.4. The molecule has 0 aromatic heterocycles. The summed E-state index contributed by atoms with van der Waals surface area (Å²) in [7, 11) is 0. The van der Waals surface area contributed by atoms with E-state index in [4.69, 9.17) is 9.84 Å². The van der Waals surface area contributed by atoms with Gasteiger partial charge in [0.25, 0.3) is 5.91 Å². The lowest BCUT2D eigenvalue weighted by Crippen LogP contribution is -2.36. The Morgan fingerprint density at radius 3 is 2.41 bits per heavy atom. The minimum atomic E-state index is -0.853. The molecule has 0 saturated heterocycles. The lowest BCUT2D eigenvalue weighted by Gasteiger charge is -2.25. The van der Waals surface area contributed by atoms with E-state index < -0.39 is 11.9 Å². The summed E-state index contributed by atoms with van der Waals surface area (Å²) in [6, 6.07) is 22.7. The SMILES string of the molecule is Cc1c(CCC(=O)O)cccc1NC(=O)C(c1ccc(CN2N=C(c3ccccc3)OCC2=O)cc1)C(C)C. The molecule has 3 aromatic rings. The molecule has 0 bridgehead atoms. The monoisotopic (exact) mass is 527 g/mol. The minimum absolute atomic E-state index is 0.0326. The molecule has 8 heteroatoms. The van der Waals surface area contributed by atoms with Gasteiger partial charge in [0.05, 0.1) is 12.5 Å². The van der Waals surface area contributed by atoms with Crippen LogP contribution in [0.25, 0.3) is 0 Å². The molecule has 0 spiro atoms. The van der Waals surface area contributed by atoms with Crippen molar-refractivity contribution in [3.05, 3.63) is 101 Å². The van der Waals surface area contributed by atoms with Gasteiger partial charge in [-0.2, -0.15) is 0 Å². The predicted octanol–water partition coefficient (Wildman–Crippen LogP) is 5.11. The Balaban J connectivity index is 1.47. The molecule has 2 amide bonds. The second-order valence-electron chi connectivity index (χ2n) is 9.95. The topological polar surface area (TPSA) is 108 Å². The highest BCUT2D eigenvalue weighted by atomic mass is 16.5. The Morgan fingerprint density at radius 1 is 1.03 bits per heavy atom. The number of carboxylic acids is 1. The van der Waals surface area contributed by atoms with Crippen LogP contribution in [-0.4, -0.2) is 40.4 Å². The smallest absolute Gasteiger partial charge is 0.303 e. The second kappa shape index (κ2) is 12.4. The number of carboxylic acid groups (broad SMARTS) is 1. The van der Waals surface area contributed by atoms with E-state index >= 15 is 0 Å². The standard InChI is InChI=1S/C31H33N3O5/c1-20(2)29(30(38)32-26-11-7-10-23(21(26)3)16-17-28(36)37)24-14-12-22(13-15-24)18-34-27(35)19-39-31(33-34)25-8-5-4-6-9-25/h4-15,20,29H,16-19H2,1-3H3,(H,32,38)(H,36,37). The molecule has 4 rings (SSSR count). The quantitative estimate of drug-likeness (QED) is 0.381. The fourth-order valence-electron chi connectivity index (χ4n) is 4.63. The van der Waals surface area contributed by atoms with Gasteiger partial charge in [-0.15, -0.1) is 5.10 Å². The molecule has 39 heavy (non-hydrogen) atoms. The largest absolute Gasteiger partial charge is 0.481 e. The van der Waals surface area contributed by atoms with Crippen LogP contribution in [0.5, 0.6) is 0 Å². The Morgan fingerprint density at radius 2 is 1.74 bits per heavy atom. The van der Waals surface area contributed by atoms with Crippen LogP contribution in [0.4, 0.5) is 5.69 Å². The van der Waals surface area contributed by atoms with Gasteiger partial charge in [0, 0.05) is 17.7 Å². The number of amides is 2. The van der Waals surface area contributed by atoms with Crippen LogP contribution in [0.1, 0.15) is 54.0 Å². The number of aliphatic carboxylic acids is 1. The molecule has 1 unspecified atom stereocenters. The van der Waals surface area contributed by atoms with Crippen molar-refractivity contribution >= 4 is 29.4 Å². The third kappa shape index (κ3) is 6.90. The molecule has 2 N–H and O–H groups in total. The van der Waals surface area contributed by atoms with Gasteiger partial charge in [-0.3, -0.25) is 14.4 Å². The zero-order valence-corrected chi connectivity index (χ0v) is 22.4. The molecular formula is C31H33N3O5. The molecule has 1 aliphatic heterocycles. The van der Waals surface area contributed by atoms with E-state index in [1.54, 1.807) is 0 Å². The van der Waals surface area contributed by atoms with E-state index in [9.17, 15) is 14.4 Å². The molecular weight excluding hydrogens is 494 g/mol. The summed E-state index contributed by atoms with van der Waals surface area (Å²) in [6.45, 7) is 6.11. The molecule has 1 atom stereocenters. The number of aryl methyl sites for hydroxylation is 1. The van der Waals surface area contributed by atoms with Crippen LogP contribution in [0.15, 0.2) is 77.9 Å². The Kier molecular flexibility index (Phi) is 8.76. The van der Waals surface area contributed by atoms with Crippen molar-refractivity contribution in [1.82, 2.24) is 5.01 Å². The number of benzene rings is 3. The first-order valence-electron chi connectivity index (χ1n) is 13.0. The molecule has 0 radical (unpaired) electrons. The van der Waals surface area contributed by atoms with Crippen LogP contribution >= 0.6 is 0 Å². The fourth-order valence-corrected chi connectivity index (χ4v) is 4.63.